The smallest absolute Gasteiger partial charge is 0.236 e. The molecule has 2 heterocycles. The molecule has 4 N–H and O–H groups in total. The summed E-state index contributed by atoms with van der Waals surface area (Å²) in [6, 6.07) is 8.30. The van der Waals surface area contributed by atoms with E-state index in [1.54, 1.807) is 26.0 Å². The van der Waals surface area contributed by atoms with E-state index in [1.165, 1.54) is 25.2 Å². The Labute approximate surface area is 226 Å². The van der Waals surface area contributed by atoms with Gasteiger partial charge in [-0.25, -0.2) is 26.5 Å². The number of H-pyrrole nitrogens is 1. The first-order chi connectivity index (χ1) is 18.4. The zero-order valence-corrected chi connectivity index (χ0v) is 23.1. The minimum absolute atomic E-state index is 0.0751. The molecule has 13 heteroatoms. The van der Waals surface area contributed by atoms with Crippen LogP contribution in [-0.2, 0) is 21.4 Å². The summed E-state index contributed by atoms with van der Waals surface area (Å²) in [7, 11) is -2.41. The molecule has 0 unspecified atom stereocenters. The number of benzene rings is 1. The Kier molecular flexibility index (Phi) is 8.50. The first-order valence-electron chi connectivity index (χ1n) is 12.7. The molecule has 1 aliphatic rings. The summed E-state index contributed by atoms with van der Waals surface area (Å²) in [6.07, 6.45) is 2.16. The van der Waals surface area contributed by atoms with E-state index in [1.807, 2.05) is 13.0 Å². The van der Waals surface area contributed by atoms with Gasteiger partial charge in [0.25, 0.3) is 0 Å². The lowest BCUT2D eigenvalue weighted by Crippen LogP contribution is -2.40. The minimum atomic E-state index is -3.82. The predicted molar refractivity (Wildman–Crippen MR) is 145 cm³/mol. The van der Waals surface area contributed by atoms with Crippen LogP contribution in [0, 0.1) is 11.6 Å². The number of hydrogen-bond donors (Lipinski definition) is 4. The van der Waals surface area contributed by atoms with Gasteiger partial charge in [-0.3, -0.25) is 9.89 Å². The van der Waals surface area contributed by atoms with Crippen molar-refractivity contribution in [2.24, 2.45) is 0 Å². The van der Waals surface area contributed by atoms with Crippen LogP contribution in [0.25, 0.3) is 0 Å². The Bertz CT molecular complexity index is 1420. The summed E-state index contributed by atoms with van der Waals surface area (Å²) in [5.41, 5.74) is 2.03. The normalized spacial score (nSPS) is 14.5. The lowest BCUT2D eigenvalue weighted by atomic mass is 10.1. The molecular weight excluding hydrogens is 528 g/mol. The van der Waals surface area contributed by atoms with Crippen molar-refractivity contribution < 1.29 is 22.0 Å². The van der Waals surface area contributed by atoms with Gasteiger partial charge >= 0.3 is 0 Å². The number of aromatic nitrogens is 3. The van der Waals surface area contributed by atoms with E-state index in [9.17, 15) is 17.6 Å². The second-order valence-electron chi connectivity index (χ2n) is 9.99. The van der Waals surface area contributed by atoms with Crippen LogP contribution >= 0.6 is 0 Å². The number of nitrogens with zero attached hydrogens (tertiary/aromatic N) is 3. The van der Waals surface area contributed by atoms with Crippen LogP contribution in [0.5, 0.6) is 0 Å². The SMILES string of the molecule is CC(C)N(C)S(=O)(=O)CC(=O)NCc1cc(F)c(Nc2cc(C3CC3)[nH]n2)nc1N[C@@H](C)c1ccc(F)cc1. The third-order valence-corrected chi connectivity index (χ3v) is 8.52. The number of hydrogen-bond acceptors (Lipinski definition) is 7. The van der Waals surface area contributed by atoms with Crippen molar-refractivity contribution in [3.63, 3.8) is 0 Å². The molecule has 0 spiro atoms. The molecule has 1 saturated carbocycles. The van der Waals surface area contributed by atoms with Crippen LogP contribution in [0.3, 0.4) is 0 Å². The molecule has 1 aliphatic carbocycles. The molecule has 1 amide bonds. The van der Waals surface area contributed by atoms with Crippen molar-refractivity contribution in [2.45, 2.75) is 58.2 Å². The molecule has 1 fully saturated rings. The molecule has 1 aromatic carbocycles. The van der Waals surface area contributed by atoms with Crippen molar-refractivity contribution in [1.82, 2.24) is 24.8 Å². The van der Waals surface area contributed by atoms with Crippen LogP contribution in [0.2, 0.25) is 0 Å². The average molecular weight is 562 g/mol. The molecule has 4 rings (SSSR count). The third-order valence-electron chi connectivity index (χ3n) is 6.59. The van der Waals surface area contributed by atoms with E-state index in [0.717, 1.165) is 28.4 Å². The quantitative estimate of drug-likeness (QED) is 0.261. The second-order valence-corrected chi connectivity index (χ2v) is 12.0. The monoisotopic (exact) mass is 561 g/mol. The van der Waals surface area contributed by atoms with Crippen LogP contribution in [0.4, 0.5) is 26.2 Å². The summed E-state index contributed by atoms with van der Waals surface area (Å²) in [4.78, 5) is 16.9. The zero-order valence-electron chi connectivity index (χ0n) is 22.3. The lowest BCUT2D eigenvalue weighted by Gasteiger charge is -2.21. The van der Waals surface area contributed by atoms with Gasteiger partial charge in [-0.1, -0.05) is 12.1 Å². The number of nitrogens with one attached hydrogen (secondary N) is 4. The summed E-state index contributed by atoms with van der Waals surface area (Å²) in [5, 5.41) is 15.8. The maximum Gasteiger partial charge on any atom is 0.236 e. The Balaban J connectivity index is 1.55. The van der Waals surface area contributed by atoms with Crippen LogP contribution < -0.4 is 16.0 Å². The highest BCUT2D eigenvalue weighted by Gasteiger charge is 2.26. The molecule has 39 heavy (non-hydrogen) atoms. The molecule has 0 aliphatic heterocycles. The Morgan fingerprint density at radius 2 is 1.82 bits per heavy atom. The fourth-order valence-electron chi connectivity index (χ4n) is 3.87. The Morgan fingerprint density at radius 1 is 1.13 bits per heavy atom. The molecule has 1 atom stereocenters. The first kappa shape index (κ1) is 28.4. The van der Waals surface area contributed by atoms with E-state index < -0.39 is 27.5 Å². The molecule has 0 saturated heterocycles. The van der Waals surface area contributed by atoms with E-state index in [-0.39, 0.29) is 36.1 Å². The van der Waals surface area contributed by atoms with Crippen molar-refractivity contribution in [1.29, 1.82) is 0 Å². The van der Waals surface area contributed by atoms with Crippen LogP contribution in [0.15, 0.2) is 36.4 Å². The van der Waals surface area contributed by atoms with Gasteiger partial charge in [0.15, 0.2) is 17.5 Å². The fraction of sp³-hybridized carbons (Fsp3) is 0.423. The summed E-state index contributed by atoms with van der Waals surface area (Å²) in [6.45, 7) is 5.07. The molecule has 0 radical (unpaired) electrons. The van der Waals surface area contributed by atoms with Crippen LogP contribution in [-0.4, -0.2) is 52.7 Å². The van der Waals surface area contributed by atoms with Gasteiger partial charge in [-0.05, 0) is 57.4 Å². The Morgan fingerprint density at radius 3 is 2.46 bits per heavy atom. The van der Waals surface area contributed by atoms with Crippen molar-refractivity contribution in [3.8, 4) is 0 Å². The maximum absolute atomic E-state index is 15.1. The molecule has 0 bridgehead atoms. The minimum Gasteiger partial charge on any atom is -0.363 e. The van der Waals surface area contributed by atoms with Crippen molar-refractivity contribution >= 4 is 33.4 Å². The van der Waals surface area contributed by atoms with Gasteiger partial charge in [0, 0.05) is 48.9 Å². The van der Waals surface area contributed by atoms with Crippen LogP contribution in [0.1, 0.15) is 62.4 Å². The van der Waals surface area contributed by atoms with Gasteiger partial charge in [-0.15, -0.1) is 0 Å². The summed E-state index contributed by atoms with van der Waals surface area (Å²) < 4.78 is 54.6. The standard InChI is InChI=1S/C26H33F2N7O3S/c1-15(2)35(4)39(37,38)14-24(36)29-13-19-11-21(28)26(31-23-12-22(33-34-23)18-5-6-18)32-25(19)30-16(3)17-7-9-20(27)10-8-17/h7-12,15-16,18H,5-6,13-14H2,1-4H3,(H,29,36)(H3,30,31,32,33,34)/t16-/m0/s1. The molecule has 10 nitrogen and oxygen atoms in total. The maximum atomic E-state index is 15.1. The number of amides is 1. The van der Waals surface area contributed by atoms with Crippen molar-refractivity contribution in [2.75, 3.05) is 23.4 Å². The number of sulfonamides is 1. The van der Waals surface area contributed by atoms with Gasteiger partial charge in [0.2, 0.25) is 15.9 Å². The Hall–Kier alpha value is -3.58. The number of rotatable bonds is 12. The molecule has 2 aromatic heterocycles. The molecular formula is C26H33F2N7O3S. The number of aromatic amines is 1. The third kappa shape index (κ3) is 7.30. The highest BCUT2D eigenvalue weighted by atomic mass is 32.2. The predicted octanol–water partition coefficient (Wildman–Crippen LogP) is 4.16. The molecule has 3 aromatic rings. The second kappa shape index (κ2) is 11.7. The number of anilines is 3. The highest BCUT2D eigenvalue weighted by Crippen LogP contribution is 2.39. The molecule has 210 valence electrons. The zero-order chi connectivity index (χ0) is 28.3. The van der Waals surface area contributed by atoms with Gasteiger partial charge < -0.3 is 16.0 Å². The lowest BCUT2D eigenvalue weighted by molar-refractivity contribution is -0.118. The average Bonchev–Trinajstić information content (AvgIpc) is 3.62. The first-order valence-corrected chi connectivity index (χ1v) is 14.3. The highest BCUT2D eigenvalue weighted by molar-refractivity contribution is 7.89. The summed E-state index contributed by atoms with van der Waals surface area (Å²) in [5.74, 6) is -1.48. The van der Waals surface area contributed by atoms with E-state index in [2.05, 4.69) is 31.1 Å². The number of halogens is 2. The van der Waals surface area contributed by atoms with Gasteiger partial charge in [-0.2, -0.15) is 5.10 Å². The van der Waals surface area contributed by atoms with E-state index in [0.29, 0.717) is 17.3 Å². The van der Waals surface area contributed by atoms with E-state index >= 15 is 4.39 Å². The number of carbonyl (C=O) groups excluding carboxylic acids is 1. The summed E-state index contributed by atoms with van der Waals surface area (Å²) >= 11 is 0. The van der Waals surface area contributed by atoms with Gasteiger partial charge in [0.05, 0.1) is 0 Å². The number of pyridine rings is 1. The largest absolute Gasteiger partial charge is 0.363 e. The van der Waals surface area contributed by atoms with Gasteiger partial charge in [0.1, 0.15) is 17.4 Å². The topological polar surface area (TPSA) is 132 Å². The fourth-order valence-corrected chi connectivity index (χ4v) is 5.15. The van der Waals surface area contributed by atoms with Crippen molar-refractivity contribution in [3.05, 3.63) is 64.9 Å². The van der Waals surface area contributed by atoms with E-state index in [4.69, 9.17) is 0 Å². The number of carbonyl (C=O) groups is 1.